The van der Waals surface area contributed by atoms with Gasteiger partial charge in [0.2, 0.25) is 0 Å². The van der Waals surface area contributed by atoms with Crippen molar-refractivity contribution in [3.8, 4) is 0 Å². The van der Waals surface area contributed by atoms with E-state index in [1.54, 1.807) is 25.4 Å². The molecule has 0 spiro atoms. The summed E-state index contributed by atoms with van der Waals surface area (Å²) in [6.45, 7) is 26.1. The fraction of sp³-hybridized carbons (Fsp3) is 0.667. The van der Waals surface area contributed by atoms with E-state index < -0.39 is 0 Å². The van der Waals surface area contributed by atoms with Crippen LogP contribution in [-0.4, -0.2) is 14.2 Å². The first-order chi connectivity index (χ1) is 8.88. The highest BCUT2D eigenvalue weighted by atomic mass is 16.4. The molecule has 0 fully saturated rings. The fourth-order valence-corrected chi connectivity index (χ4v) is 2.42. The van der Waals surface area contributed by atoms with E-state index in [1.165, 1.54) is 0 Å². The van der Waals surface area contributed by atoms with Crippen molar-refractivity contribution in [2.75, 3.05) is 14.2 Å². The second kappa shape index (κ2) is 13.6. The van der Waals surface area contributed by atoms with Gasteiger partial charge in [0.05, 0.1) is 0 Å². The number of hydrogen-bond donors (Lipinski definition) is 0. The average Bonchev–Trinajstić information content (AvgIpc) is 2.46. The average molecular weight is 268 g/mol. The lowest BCUT2D eigenvalue weighted by molar-refractivity contribution is 0.227. The minimum Gasteiger partial charge on any atom is -0.388 e. The fourth-order valence-electron chi connectivity index (χ4n) is 2.42. The van der Waals surface area contributed by atoms with E-state index in [0.717, 1.165) is 23.7 Å². The van der Waals surface area contributed by atoms with E-state index in [2.05, 4.69) is 72.6 Å². The zero-order chi connectivity index (χ0) is 16.2. The van der Waals surface area contributed by atoms with Crippen LogP contribution in [0.5, 0.6) is 0 Å². The maximum absolute atomic E-state index is 4.25. The molecule has 0 saturated heterocycles. The Morgan fingerprint density at radius 1 is 0.684 bits per heavy atom. The maximum Gasteiger partial charge on any atom is 0.0351 e. The van der Waals surface area contributed by atoms with Crippen molar-refractivity contribution >= 4 is 0 Å². The lowest BCUT2D eigenvalue weighted by atomic mass is 9.67. The van der Waals surface area contributed by atoms with Crippen LogP contribution in [-0.2, 0) is 4.74 Å². The quantitative estimate of drug-likeness (QED) is 0.508. The lowest BCUT2D eigenvalue weighted by Gasteiger charge is -2.38. The first kappa shape index (κ1) is 23.3. The van der Waals surface area contributed by atoms with E-state index >= 15 is 0 Å². The van der Waals surface area contributed by atoms with Crippen LogP contribution < -0.4 is 0 Å². The standard InChI is InChI=1S/C12H22.C2H6O.2C2H4/c1-7-8(2)10(4)12(6)11(5)9(7)3;1-3-2;2*1-2/h7-10H,1-6H3;1-2H3;2*1-2H2. The summed E-state index contributed by atoms with van der Waals surface area (Å²) in [5.41, 5.74) is 3.27. The van der Waals surface area contributed by atoms with Crippen molar-refractivity contribution in [3.05, 3.63) is 37.5 Å². The summed E-state index contributed by atoms with van der Waals surface area (Å²) in [7, 11) is 3.25. The summed E-state index contributed by atoms with van der Waals surface area (Å²) < 4.78 is 4.25. The van der Waals surface area contributed by atoms with Gasteiger partial charge in [0, 0.05) is 14.2 Å². The van der Waals surface area contributed by atoms with Crippen molar-refractivity contribution in [2.45, 2.75) is 41.5 Å². The van der Waals surface area contributed by atoms with E-state index in [0.29, 0.717) is 0 Å². The van der Waals surface area contributed by atoms with Gasteiger partial charge >= 0.3 is 0 Å². The molecule has 4 atom stereocenters. The Morgan fingerprint density at radius 2 is 0.842 bits per heavy atom. The van der Waals surface area contributed by atoms with Crippen LogP contribution in [0.15, 0.2) is 37.5 Å². The predicted molar refractivity (Wildman–Crippen MR) is 90.5 cm³/mol. The van der Waals surface area contributed by atoms with E-state index in [1.807, 2.05) is 0 Å². The van der Waals surface area contributed by atoms with Crippen molar-refractivity contribution in [1.82, 2.24) is 0 Å². The van der Waals surface area contributed by atoms with Crippen molar-refractivity contribution in [3.63, 3.8) is 0 Å². The third-order valence-electron chi connectivity index (χ3n) is 4.39. The SMILES string of the molecule is C=C.C=C.CC1=C(C)C(C)C(C)C(C)C1C.COC. The van der Waals surface area contributed by atoms with Gasteiger partial charge in [-0.3, -0.25) is 0 Å². The third kappa shape index (κ3) is 7.37. The number of rotatable bonds is 0. The molecule has 0 aliphatic heterocycles. The van der Waals surface area contributed by atoms with E-state index in [4.69, 9.17) is 0 Å². The molecular weight excluding hydrogens is 232 g/mol. The van der Waals surface area contributed by atoms with Gasteiger partial charge in [-0.25, -0.2) is 0 Å². The zero-order valence-electron chi connectivity index (χ0n) is 14.5. The topological polar surface area (TPSA) is 9.23 Å². The molecule has 4 unspecified atom stereocenters. The van der Waals surface area contributed by atoms with Crippen LogP contribution in [0.2, 0.25) is 0 Å². The summed E-state index contributed by atoms with van der Waals surface area (Å²) >= 11 is 0. The molecule has 0 N–H and O–H groups in total. The summed E-state index contributed by atoms with van der Waals surface area (Å²) in [5, 5.41) is 0. The molecule has 0 radical (unpaired) electrons. The molecule has 0 bridgehead atoms. The number of hydrogen-bond acceptors (Lipinski definition) is 1. The van der Waals surface area contributed by atoms with Crippen molar-refractivity contribution < 1.29 is 4.74 Å². The normalized spacial score (nSPS) is 28.8. The molecule has 1 aliphatic rings. The molecule has 0 saturated carbocycles. The van der Waals surface area contributed by atoms with Crippen LogP contribution in [0.3, 0.4) is 0 Å². The second-order valence-electron chi connectivity index (χ2n) is 5.07. The molecule has 0 aromatic carbocycles. The number of allylic oxidation sites excluding steroid dienone is 2. The Labute approximate surface area is 122 Å². The highest BCUT2D eigenvalue weighted by Gasteiger charge is 2.31. The Hall–Kier alpha value is -0.820. The van der Waals surface area contributed by atoms with Gasteiger partial charge in [-0.2, -0.15) is 0 Å². The minimum absolute atomic E-state index is 0.788. The summed E-state index contributed by atoms with van der Waals surface area (Å²) in [6.07, 6.45) is 0. The summed E-state index contributed by atoms with van der Waals surface area (Å²) in [4.78, 5) is 0. The number of methoxy groups -OCH3 is 1. The lowest BCUT2D eigenvalue weighted by Crippen LogP contribution is -2.29. The van der Waals surface area contributed by atoms with E-state index in [-0.39, 0.29) is 0 Å². The van der Waals surface area contributed by atoms with Crippen molar-refractivity contribution in [1.29, 1.82) is 0 Å². The van der Waals surface area contributed by atoms with Gasteiger partial charge in [-0.05, 0) is 37.5 Å². The van der Waals surface area contributed by atoms with Crippen LogP contribution in [0.4, 0.5) is 0 Å². The number of ether oxygens (including phenoxy) is 1. The Bertz CT molecular complexity index is 218. The maximum atomic E-state index is 4.25. The van der Waals surface area contributed by atoms with Gasteiger partial charge in [0.25, 0.3) is 0 Å². The molecule has 1 nitrogen and oxygen atoms in total. The van der Waals surface area contributed by atoms with Gasteiger partial charge in [-0.1, -0.05) is 38.8 Å². The molecule has 114 valence electrons. The molecule has 1 rings (SSSR count). The van der Waals surface area contributed by atoms with Crippen LogP contribution in [0.25, 0.3) is 0 Å². The molecule has 1 heteroatoms. The zero-order valence-corrected chi connectivity index (χ0v) is 14.5. The van der Waals surface area contributed by atoms with Gasteiger partial charge in [0.15, 0.2) is 0 Å². The monoisotopic (exact) mass is 268 g/mol. The first-order valence-corrected chi connectivity index (χ1v) is 6.95. The molecule has 0 aromatic heterocycles. The van der Waals surface area contributed by atoms with Gasteiger partial charge in [-0.15, -0.1) is 26.3 Å². The second-order valence-corrected chi connectivity index (χ2v) is 5.07. The summed E-state index contributed by atoms with van der Waals surface area (Å²) in [5.74, 6) is 3.28. The Balaban J connectivity index is -0.000000313. The molecule has 0 aromatic rings. The summed E-state index contributed by atoms with van der Waals surface area (Å²) in [6, 6.07) is 0. The molecule has 19 heavy (non-hydrogen) atoms. The van der Waals surface area contributed by atoms with Crippen molar-refractivity contribution in [2.24, 2.45) is 23.7 Å². The molecule has 0 heterocycles. The van der Waals surface area contributed by atoms with Gasteiger partial charge in [0.1, 0.15) is 0 Å². The Kier molecular flexibility index (Phi) is 16.7. The highest BCUT2D eigenvalue weighted by Crippen LogP contribution is 2.41. The van der Waals surface area contributed by atoms with Crippen LogP contribution in [0.1, 0.15) is 41.5 Å². The minimum atomic E-state index is 0.788. The molecule has 1 aliphatic carbocycles. The predicted octanol–water partition coefficient (Wildman–Crippen LogP) is 5.75. The first-order valence-electron chi connectivity index (χ1n) is 6.95. The molecular formula is C18H36O. The molecule has 0 amide bonds. The largest absolute Gasteiger partial charge is 0.388 e. The van der Waals surface area contributed by atoms with E-state index in [9.17, 15) is 0 Å². The van der Waals surface area contributed by atoms with Crippen LogP contribution in [0, 0.1) is 23.7 Å². The highest BCUT2D eigenvalue weighted by molar-refractivity contribution is 5.20. The van der Waals surface area contributed by atoms with Gasteiger partial charge < -0.3 is 4.74 Å². The Morgan fingerprint density at radius 3 is 1.00 bits per heavy atom. The van der Waals surface area contributed by atoms with Crippen LogP contribution >= 0.6 is 0 Å². The third-order valence-corrected chi connectivity index (χ3v) is 4.39. The smallest absolute Gasteiger partial charge is 0.0351 e.